The van der Waals surface area contributed by atoms with E-state index in [9.17, 15) is 14.9 Å². The van der Waals surface area contributed by atoms with Crippen LogP contribution in [0.25, 0.3) is 16.9 Å². The maximum absolute atomic E-state index is 12.8. The fourth-order valence-electron chi connectivity index (χ4n) is 3.70. The normalized spacial score (nSPS) is 10.7. The fraction of sp³-hybridized carbons (Fsp3) is 0.120. The van der Waals surface area contributed by atoms with Crippen molar-refractivity contribution in [2.45, 2.75) is 20.8 Å². The molecule has 32 heavy (non-hydrogen) atoms. The van der Waals surface area contributed by atoms with E-state index in [-0.39, 0.29) is 11.4 Å². The van der Waals surface area contributed by atoms with E-state index in [0.29, 0.717) is 11.1 Å². The number of carbonyl (C=O) groups excluding carboxylic acids is 1. The van der Waals surface area contributed by atoms with E-state index < -0.39 is 10.8 Å². The minimum absolute atomic E-state index is 0.119. The average Bonchev–Trinajstić information content (AvgIpc) is 3.17. The molecule has 3 aromatic carbocycles. The number of nitrogens with zero attached hydrogens (tertiary/aromatic N) is 3. The molecule has 0 spiro atoms. The molecule has 0 unspecified atom stereocenters. The van der Waals surface area contributed by atoms with Crippen molar-refractivity contribution < 1.29 is 9.72 Å². The molecule has 4 aromatic rings. The van der Waals surface area contributed by atoms with Gasteiger partial charge < -0.3 is 5.32 Å². The molecule has 160 valence electrons. The SMILES string of the molecule is Cc1cc(C)c(NC(=O)c2ccc(-n3nc(C)cc3-c3ccccc3)cc2)c([N+](=O)[O-])c1. The van der Waals surface area contributed by atoms with E-state index in [4.69, 9.17) is 0 Å². The van der Waals surface area contributed by atoms with Crippen molar-refractivity contribution in [1.29, 1.82) is 0 Å². The molecule has 1 amide bonds. The van der Waals surface area contributed by atoms with Gasteiger partial charge in [0.25, 0.3) is 11.6 Å². The van der Waals surface area contributed by atoms with Crippen LogP contribution in [-0.4, -0.2) is 20.6 Å². The number of carbonyl (C=O) groups is 1. The molecule has 7 nitrogen and oxygen atoms in total. The molecule has 0 radical (unpaired) electrons. The number of hydrogen-bond acceptors (Lipinski definition) is 4. The van der Waals surface area contributed by atoms with Crippen molar-refractivity contribution in [2.24, 2.45) is 0 Å². The highest BCUT2D eigenvalue weighted by Gasteiger charge is 2.20. The van der Waals surface area contributed by atoms with Gasteiger partial charge in [-0.15, -0.1) is 0 Å². The van der Waals surface area contributed by atoms with E-state index in [1.54, 1.807) is 32.0 Å². The quantitative estimate of drug-likeness (QED) is 0.331. The Morgan fingerprint density at radius 3 is 2.31 bits per heavy atom. The van der Waals surface area contributed by atoms with Gasteiger partial charge in [-0.25, -0.2) is 4.68 Å². The lowest BCUT2D eigenvalue weighted by molar-refractivity contribution is -0.384. The summed E-state index contributed by atoms with van der Waals surface area (Å²) in [5, 5.41) is 18.7. The van der Waals surface area contributed by atoms with Crippen LogP contribution in [0.2, 0.25) is 0 Å². The lowest BCUT2D eigenvalue weighted by atomic mass is 10.1. The third-order valence-corrected chi connectivity index (χ3v) is 5.17. The van der Waals surface area contributed by atoms with Crippen molar-refractivity contribution in [3.63, 3.8) is 0 Å². The second kappa shape index (κ2) is 8.47. The number of amides is 1. The lowest BCUT2D eigenvalue weighted by Gasteiger charge is -2.11. The Kier molecular flexibility index (Phi) is 5.55. The maximum Gasteiger partial charge on any atom is 0.293 e. The van der Waals surface area contributed by atoms with Crippen LogP contribution >= 0.6 is 0 Å². The van der Waals surface area contributed by atoms with Crippen molar-refractivity contribution in [3.8, 4) is 16.9 Å². The molecule has 1 N–H and O–H groups in total. The minimum atomic E-state index is -0.482. The highest BCUT2D eigenvalue weighted by atomic mass is 16.6. The average molecular weight is 426 g/mol. The van der Waals surface area contributed by atoms with Crippen LogP contribution < -0.4 is 5.32 Å². The number of nitrogens with one attached hydrogen (secondary N) is 1. The van der Waals surface area contributed by atoms with Crippen LogP contribution in [-0.2, 0) is 0 Å². The summed E-state index contributed by atoms with van der Waals surface area (Å²) in [7, 11) is 0. The zero-order valence-electron chi connectivity index (χ0n) is 18.0. The first kappa shape index (κ1) is 21.0. The fourth-order valence-corrected chi connectivity index (χ4v) is 3.70. The van der Waals surface area contributed by atoms with Gasteiger partial charge in [-0.3, -0.25) is 14.9 Å². The largest absolute Gasteiger partial charge is 0.316 e. The third kappa shape index (κ3) is 4.13. The van der Waals surface area contributed by atoms with Gasteiger partial charge in [0, 0.05) is 17.2 Å². The summed E-state index contributed by atoms with van der Waals surface area (Å²) in [6.45, 7) is 5.45. The van der Waals surface area contributed by atoms with Crippen LogP contribution in [0, 0.1) is 30.9 Å². The molecule has 0 aliphatic heterocycles. The second-order valence-corrected chi connectivity index (χ2v) is 7.68. The predicted octanol–water partition coefficient (Wildman–Crippen LogP) is 5.63. The van der Waals surface area contributed by atoms with Crippen LogP contribution in [0.1, 0.15) is 27.2 Å². The predicted molar refractivity (Wildman–Crippen MR) is 124 cm³/mol. The zero-order chi connectivity index (χ0) is 22.8. The van der Waals surface area contributed by atoms with Crippen LogP contribution in [0.5, 0.6) is 0 Å². The second-order valence-electron chi connectivity index (χ2n) is 7.68. The van der Waals surface area contributed by atoms with Crippen LogP contribution in [0.15, 0.2) is 72.8 Å². The molecular formula is C25H22N4O3. The number of benzene rings is 3. The zero-order valence-corrected chi connectivity index (χ0v) is 18.0. The van der Waals surface area contributed by atoms with Gasteiger partial charge in [-0.2, -0.15) is 5.10 Å². The van der Waals surface area contributed by atoms with Crippen molar-refractivity contribution in [3.05, 3.63) is 105 Å². The van der Waals surface area contributed by atoms with Gasteiger partial charge >= 0.3 is 0 Å². The Morgan fingerprint density at radius 1 is 0.969 bits per heavy atom. The molecule has 7 heteroatoms. The van der Waals surface area contributed by atoms with Gasteiger partial charge in [0.15, 0.2) is 0 Å². The molecule has 1 aromatic heterocycles. The number of nitro groups is 1. The molecule has 0 bridgehead atoms. The highest BCUT2D eigenvalue weighted by molar-refractivity contribution is 6.06. The lowest BCUT2D eigenvalue weighted by Crippen LogP contribution is -2.14. The molecular weight excluding hydrogens is 404 g/mol. The number of aryl methyl sites for hydroxylation is 3. The minimum Gasteiger partial charge on any atom is -0.316 e. The third-order valence-electron chi connectivity index (χ3n) is 5.17. The number of anilines is 1. The first-order valence-corrected chi connectivity index (χ1v) is 10.1. The highest BCUT2D eigenvalue weighted by Crippen LogP contribution is 2.30. The van der Waals surface area contributed by atoms with E-state index in [1.807, 2.05) is 60.1 Å². The summed E-state index contributed by atoms with van der Waals surface area (Å²) in [5.41, 5.74) is 5.58. The molecule has 0 saturated heterocycles. The topological polar surface area (TPSA) is 90.1 Å². The molecule has 0 atom stereocenters. The number of aromatic nitrogens is 2. The van der Waals surface area contributed by atoms with E-state index in [1.165, 1.54) is 6.07 Å². The van der Waals surface area contributed by atoms with Gasteiger partial charge in [-0.1, -0.05) is 36.4 Å². The summed E-state index contributed by atoms with van der Waals surface area (Å²) in [6.07, 6.45) is 0. The Labute approximate surface area is 185 Å². The number of rotatable bonds is 5. The van der Waals surface area contributed by atoms with Crippen molar-refractivity contribution in [1.82, 2.24) is 9.78 Å². The Morgan fingerprint density at radius 2 is 1.66 bits per heavy atom. The summed E-state index contributed by atoms with van der Waals surface area (Å²) in [4.78, 5) is 23.8. The van der Waals surface area contributed by atoms with Crippen LogP contribution in [0.3, 0.4) is 0 Å². The first-order chi connectivity index (χ1) is 15.3. The molecule has 0 aliphatic rings. The maximum atomic E-state index is 12.8. The van der Waals surface area contributed by atoms with E-state index in [2.05, 4.69) is 10.4 Å². The molecule has 0 fully saturated rings. The smallest absolute Gasteiger partial charge is 0.293 e. The van der Waals surface area contributed by atoms with Crippen molar-refractivity contribution >= 4 is 17.3 Å². The Bertz CT molecular complexity index is 1310. The van der Waals surface area contributed by atoms with Crippen molar-refractivity contribution in [2.75, 3.05) is 5.32 Å². The molecule has 4 rings (SSSR count). The van der Waals surface area contributed by atoms with Gasteiger partial charge in [0.2, 0.25) is 0 Å². The molecule has 0 saturated carbocycles. The standard InChI is InChI=1S/C25H22N4O3/c1-16-13-17(2)24(23(14-16)29(31)32)26-25(30)20-9-11-21(12-10-20)28-22(15-18(3)27-28)19-7-5-4-6-8-19/h4-15H,1-3H3,(H,26,30). The van der Waals surface area contributed by atoms with E-state index >= 15 is 0 Å². The molecule has 0 aliphatic carbocycles. The number of hydrogen-bond donors (Lipinski definition) is 1. The Hall–Kier alpha value is -4.26. The Balaban J connectivity index is 1.63. The van der Waals surface area contributed by atoms with Gasteiger partial charge in [0.1, 0.15) is 5.69 Å². The molecule has 1 heterocycles. The van der Waals surface area contributed by atoms with Gasteiger partial charge in [-0.05, 0) is 62.2 Å². The van der Waals surface area contributed by atoms with Gasteiger partial charge in [0.05, 0.1) is 22.0 Å². The summed E-state index contributed by atoms with van der Waals surface area (Å²) >= 11 is 0. The number of nitro benzene ring substituents is 1. The van der Waals surface area contributed by atoms with E-state index in [0.717, 1.165) is 28.2 Å². The summed E-state index contributed by atoms with van der Waals surface area (Å²) in [6, 6.07) is 22.2. The van der Waals surface area contributed by atoms with Crippen LogP contribution in [0.4, 0.5) is 11.4 Å². The monoisotopic (exact) mass is 426 g/mol. The summed E-state index contributed by atoms with van der Waals surface area (Å²) < 4.78 is 1.83. The summed E-state index contributed by atoms with van der Waals surface area (Å²) in [5.74, 6) is -0.411. The first-order valence-electron chi connectivity index (χ1n) is 10.1.